The zero-order valence-corrected chi connectivity index (χ0v) is 8.19. The molecule has 4 heteroatoms. The summed E-state index contributed by atoms with van der Waals surface area (Å²) < 4.78 is 1.05. The summed E-state index contributed by atoms with van der Waals surface area (Å²) in [4.78, 5) is 10.4. The molecule has 0 amide bonds. The minimum atomic E-state index is -0.836. The van der Waals surface area contributed by atoms with E-state index in [1.165, 1.54) is 11.3 Å². The Bertz CT molecular complexity index is 267. The van der Waals surface area contributed by atoms with Gasteiger partial charge >= 0.3 is 5.97 Å². The molecule has 0 unspecified atom stereocenters. The number of hydrogen-bond donors (Lipinski definition) is 1. The molecule has 0 fully saturated rings. The third-order valence-corrected chi connectivity index (χ3v) is 3.65. The molecule has 0 saturated heterocycles. The van der Waals surface area contributed by atoms with Crippen molar-refractivity contribution >= 4 is 39.9 Å². The highest BCUT2D eigenvalue weighted by molar-refractivity contribution is 14.1. The number of carbonyl (C=O) groups is 1. The maximum Gasteiger partial charge on any atom is 0.336 e. The summed E-state index contributed by atoms with van der Waals surface area (Å²) in [5.41, 5.74) is 1.30. The molecule has 0 spiro atoms. The van der Waals surface area contributed by atoms with Crippen LogP contribution in [0.15, 0.2) is 5.38 Å². The minimum Gasteiger partial charge on any atom is -0.478 e. The maximum absolute atomic E-state index is 10.4. The molecule has 0 aliphatic carbocycles. The average molecular weight is 268 g/mol. The second kappa shape index (κ2) is 2.87. The predicted octanol–water partition coefficient (Wildman–Crippen LogP) is 2.36. The van der Waals surface area contributed by atoms with Gasteiger partial charge in [-0.2, -0.15) is 0 Å². The lowest BCUT2D eigenvalue weighted by Gasteiger charge is -1.89. The smallest absolute Gasteiger partial charge is 0.336 e. The first kappa shape index (κ1) is 8.00. The molecular weight excluding hydrogens is 263 g/mol. The Balaban J connectivity index is 3.17. The van der Waals surface area contributed by atoms with Crippen LogP contribution >= 0.6 is 33.9 Å². The minimum absolute atomic E-state index is 0.425. The lowest BCUT2D eigenvalue weighted by Crippen LogP contribution is -1.95. The van der Waals surface area contributed by atoms with E-state index in [0.29, 0.717) is 5.56 Å². The molecule has 54 valence electrons. The molecule has 0 saturated carbocycles. The van der Waals surface area contributed by atoms with Crippen molar-refractivity contribution in [2.45, 2.75) is 6.92 Å². The van der Waals surface area contributed by atoms with Crippen LogP contribution in [-0.2, 0) is 0 Å². The van der Waals surface area contributed by atoms with E-state index in [1.807, 2.05) is 6.92 Å². The van der Waals surface area contributed by atoms with Crippen molar-refractivity contribution in [3.8, 4) is 0 Å². The molecule has 0 aromatic carbocycles. The van der Waals surface area contributed by atoms with Crippen LogP contribution in [0.1, 0.15) is 15.9 Å². The average Bonchev–Trinajstić information content (AvgIpc) is 2.14. The second-order valence-corrected chi connectivity index (χ2v) is 4.54. The van der Waals surface area contributed by atoms with E-state index in [4.69, 9.17) is 5.11 Å². The van der Waals surface area contributed by atoms with Crippen molar-refractivity contribution < 1.29 is 9.90 Å². The van der Waals surface area contributed by atoms with Crippen LogP contribution in [-0.4, -0.2) is 11.1 Å². The van der Waals surface area contributed by atoms with E-state index < -0.39 is 5.97 Å². The van der Waals surface area contributed by atoms with Gasteiger partial charge in [0.15, 0.2) is 0 Å². The predicted molar refractivity (Wildman–Crippen MR) is 48.7 cm³/mol. The van der Waals surface area contributed by atoms with Crippen molar-refractivity contribution in [2.24, 2.45) is 0 Å². The molecule has 0 bridgehead atoms. The Morgan fingerprint density at radius 2 is 2.40 bits per heavy atom. The van der Waals surface area contributed by atoms with E-state index in [0.717, 1.165) is 8.45 Å². The molecular formula is C6H5IO2S. The van der Waals surface area contributed by atoms with Crippen LogP contribution in [0.3, 0.4) is 0 Å². The number of rotatable bonds is 1. The summed E-state index contributed by atoms with van der Waals surface area (Å²) in [5.74, 6) is -0.836. The zero-order valence-electron chi connectivity index (χ0n) is 5.22. The first-order valence-electron chi connectivity index (χ1n) is 2.60. The third kappa shape index (κ3) is 1.32. The zero-order chi connectivity index (χ0) is 7.72. The van der Waals surface area contributed by atoms with Gasteiger partial charge in [0.05, 0.1) is 8.45 Å². The fraction of sp³-hybridized carbons (Fsp3) is 0.167. The Labute approximate surface area is 76.0 Å². The Morgan fingerprint density at radius 3 is 2.60 bits per heavy atom. The van der Waals surface area contributed by atoms with Gasteiger partial charge < -0.3 is 5.11 Å². The van der Waals surface area contributed by atoms with Gasteiger partial charge in [0, 0.05) is 5.38 Å². The van der Waals surface area contributed by atoms with Gasteiger partial charge in [-0.1, -0.05) is 0 Å². The molecule has 1 aromatic rings. The first-order chi connectivity index (χ1) is 4.63. The topological polar surface area (TPSA) is 37.3 Å². The molecule has 0 atom stereocenters. The lowest BCUT2D eigenvalue weighted by molar-refractivity contribution is 0.0696. The van der Waals surface area contributed by atoms with Gasteiger partial charge in [0.25, 0.3) is 0 Å². The molecule has 2 nitrogen and oxygen atoms in total. The Morgan fingerprint density at radius 1 is 1.80 bits per heavy atom. The van der Waals surface area contributed by atoms with Crippen LogP contribution in [0.25, 0.3) is 0 Å². The SMILES string of the molecule is Cc1c(C(=O)O)csc1I. The molecule has 1 rings (SSSR count). The van der Waals surface area contributed by atoms with Gasteiger partial charge in [-0.05, 0) is 35.1 Å². The number of thiophene rings is 1. The summed E-state index contributed by atoms with van der Waals surface area (Å²) in [6.45, 7) is 1.82. The van der Waals surface area contributed by atoms with Crippen molar-refractivity contribution in [3.63, 3.8) is 0 Å². The number of carboxylic acids is 1. The summed E-state index contributed by atoms with van der Waals surface area (Å²) in [6, 6.07) is 0. The lowest BCUT2D eigenvalue weighted by atomic mass is 10.2. The highest BCUT2D eigenvalue weighted by Crippen LogP contribution is 2.22. The fourth-order valence-corrected chi connectivity index (χ4v) is 2.06. The van der Waals surface area contributed by atoms with E-state index in [2.05, 4.69) is 22.6 Å². The molecule has 10 heavy (non-hydrogen) atoms. The fourth-order valence-electron chi connectivity index (χ4n) is 0.604. The van der Waals surface area contributed by atoms with Gasteiger partial charge in [0.2, 0.25) is 0 Å². The highest BCUT2D eigenvalue weighted by Gasteiger charge is 2.10. The third-order valence-electron chi connectivity index (χ3n) is 1.21. The maximum atomic E-state index is 10.4. The van der Waals surface area contributed by atoms with E-state index in [-0.39, 0.29) is 0 Å². The quantitative estimate of drug-likeness (QED) is 0.794. The van der Waals surface area contributed by atoms with Crippen LogP contribution in [0, 0.1) is 9.81 Å². The van der Waals surface area contributed by atoms with Crippen LogP contribution in [0.2, 0.25) is 0 Å². The van der Waals surface area contributed by atoms with E-state index in [9.17, 15) is 4.79 Å². The number of halogens is 1. The Kier molecular flexibility index (Phi) is 2.30. The van der Waals surface area contributed by atoms with E-state index >= 15 is 0 Å². The van der Waals surface area contributed by atoms with Crippen molar-refractivity contribution in [1.82, 2.24) is 0 Å². The highest BCUT2D eigenvalue weighted by atomic mass is 127. The molecule has 0 aliphatic rings. The van der Waals surface area contributed by atoms with Crippen molar-refractivity contribution in [3.05, 3.63) is 19.4 Å². The monoisotopic (exact) mass is 268 g/mol. The summed E-state index contributed by atoms with van der Waals surface area (Å²) in [7, 11) is 0. The molecule has 1 N–H and O–H groups in total. The molecule has 0 radical (unpaired) electrons. The normalized spacial score (nSPS) is 9.80. The van der Waals surface area contributed by atoms with Gasteiger partial charge in [0.1, 0.15) is 0 Å². The number of aromatic carboxylic acids is 1. The molecule has 0 aliphatic heterocycles. The molecule has 1 heterocycles. The summed E-state index contributed by atoms with van der Waals surface area (Å²) in [5, 5.41) is 10.2. The van der Waals surface area contributed by atoms with Crippen LogP contribution in [0.5, 0.6) is 0 Å². The second-order valence-electron chi connectivity index (χ2n) is 1.85. The molecule has 1 aromatic heterocycles. The first-order valence-corrected chi connectivity index (χ1v) is 4.55. The van der Waals surface area contributed by atoms with E-state index in [1.54, 1.807) is 5.38 Å². The number of carboxylic acid groups (broad SMARTS) is 1. The van der Waals surface area contributed by atoms with Gasteiger partial charge in [-0.15, -0.1) is 11.3 Å². The van der Waals surface area contributed by atoms with Gasteiger partial charge in [-0.3, -0.25) is 0 Å². The van der Waals surface area contributed by atoms with Crippen molar-refractivity contribution in [1.29, 1.82) is 0 Å². The summed E-state index contributed by atoms with van der Waals surface area (Å²) in [6.07, 6.45) is 0. The standard InChI is InChI=1S/C6H5IO2S/c1-3-4(6(8)9)2-10-5(3)7/h2H,1H3,(H,8,9). The largest absolute Gasteiger partial charge is 0.478 e. The van der Waals surface area contributed by atoms with Crippen molar-refractivity contribution in [2.75, 3.05) is 0 Å². The van der Waals surface area contributed by atoms with Gasteiger partial charge in [-0.25, -0.2) is 4.79 Å². The Hall–Kier alpha value is -0.100. The summed E-state index contributed by atoms with van der Waals surface area (Å²) >= 11 is 3.60. The van der Waals surface area contributed by atoms with Crippen LogP contribution < -0.4 is 0 Å². The number of hydrogen-bond acceptors (Lipinski definition) is 2. The van der Waals surface area contributed by atoms with Crippen LogP contribution in [0.4, 0.5) is 0 Å².